The molecule has 0 aromatic heterocycles. The number of aliphatic hydroxyl groups excluding tert-OH is 1. The van der Waals surface area contributed by atoms with Gasteiger partial charge in [-0.25, -0.2) is 0 Å². The van der Waals surface area contributed by atoms with Gasteiger partial charge in [-0.2, -0.15) is 0 Å². The van der Waals surface area contributed by atoms with Crippen molar-refractivity contribution in [3.63, 3.8) is 0 Å². The van der Waals surface area contributed by atoms with Crippen LogP contribution in [0.4, 0.5) is 0 Å². The van der Waals surface area contributed by atoms with Gasteiger partial charge in [0, 0.05) is 12.1 Å². The smallest absolute Gasteiger partial charge is 0.161 e. The van der Waals surface area contributed by atoms with E-state index in [2.05, 4.69) is 18.3 Å². The van der Waals surface area contributed by atoms with Gasteiger partial charge < -0.3 is 19.9 Å². The lowest BCUT2D eigenvalue weighted by Gasteiger charge is -2.28. The first-order valence-corrected chi connectivity index (χ1v) is 7.88. The minimum Gasteiger partial charge on any atom is -0.493 e. The molecule has 0 aliphatic heterocycles. The second-order valence-corrected chi connectivity index (χ2v) is 5.83. The van der Waals surface area contributed by atoms with Crippen molar-refractivity contribution in [2.45, 2.75) is 51.1 Å². The summed E-state index contributed by atoms with van der Waals surface area (Å²) in [5, 5.41) is 13.2. The van der Waals surface area contributed by atoms with Gasteiger partial charge in [-0.1, -0.05) is 25.8 Å². The number of rotatable bonds is 8. The molecule has 1 aromatic carbocycles. The Morgan fingerprint density at radius 1 is 1.24 bits per heavy atom. The summed E-state index contributed by atoms with van der Waals surface area (Å²) < 4.78 is 11.1. The highest BCUT2D eigenvalue weighted by Crippen LogP contribution is 2.31. The molecule has 21 heavy (non-hydrogen) atoms. The molecule has 0 bridgehead atoms. The van der Waals surface area contributed by atoms with E-state index < -0.39 is 0 Å². The molecule has 0 heterocycles. The SMILES string of the molecule is CCCOc1ccc(CNC2(CO)CCCC2)cc1OC. The van der Waals surface area contributed by atoms with Gasteiger partial charge in [0.1, 0.15) is 0 Å². The van der Waals surface area contributed by atoms with Gasteiger partial charge >= 0.3 is 0 Å². The molecule has 1 aromatic rings. The van der Waals surface area contributed by atoms with Crippen LogP contribution in [0.25, 0.3) is 0 Å². The zero-order chi connectivity index (χ0) is 15.1. The molecule has 1 aliphatic rings. The number of ether oxygens (including phenoxy) is 2. The van der Waals surface area contributed by atoms with Crippen LogP contribution in [0.15, 0.2) is 18.2 Å². The van der Waals surface area contributed by atoms with E-state index in [0.29, 0.717) is 6.61 Å². The number of benzene rings is 1. The average Bonchev–Trinajstić information content (AvgIpc) is 3.00. The summed E-state index contributed by atoms with van der Waals surface area (Å²) in [6.07, 6.45) is 5.48. The van der Waals surface area contributed by atoms with E-state index in [4.69, 9.17) is 9.47 Å². The van der Waals surface area contributed by atoms with Crippen LogP contribution in [-0.4, -0.2) is 31.0 Å². The minimum atomic E-state index is -0.0926. The molecule has 2 rings (SSSR count). The number of nitrogens with one attached hydrogen (secondary N) is 1. The Morgan fingerprint density at radius 3 is 2.62 bits per heavy atom. The minimum absolute atomic E-state index is 0.0926. The van der Waals surface area contributed by atoms with Crippen molar-refractivity contribution in [3.05, 3.63) is 23.8 Å². The summed E-state index contributed by atoms with van der Waals surface area (Å²) >= 11 is 0. The van der Waals surface area contributed by atoms with Crippen molar-refractivity contribution >= 4 is 0 Å². The monoisotopic (exact) mass is 293 g/mol. The summed E-state index contributed by atoms with van der Waals surface area (Å²) in [5.41, 5.74) is 1.06. The van der Waals surface area contributed by atoms with Crippen LogP contribution >= 0.6 is 0 Å². The van der Waals surface area contributed by atoms with Crippen LogP contribution in [0, 0.1) is 0 Å². The molecule has 1 fully saturated rings. The van der Waals surface area contributed by atoms with E-state index in [1.54, 1.807) is 7.11 Å². The van der Waals surface area contributed by atoms with E-state index >= 15 is 0 Å². The maximum atomic E-state index is 9.63. The third kappa shape index (κ3) is 4.11. The first-order chi connectivity index (χ1) is 10.2. The molecular formula is C17H27NO3. The summed E-state index contributed by atoms with van der Waals surface area (Å²) in [4.78, 5) is 0. The number of hydrogen-bond acceptors (Lipinski definition) is 4. The van der Waals surface area contributed by atoms with E-state index in [1.165, 1.54) is 12.8 Å². The largest absolute Gasteiger partial charge is 0.493 e. The second-order valence-electron chi connectivity index (χ2n) is 5.83. The fraction of sp³-hybridized carbons (Fsp3) is 0.647. The molecule has 1 aliphatic carbocycles. The maximum absolute atomic E-state index is 9.63. The topological polar surface area (TPSA) is 50.7 Å². The molecule has 0 spiro atoms. The molecule has 0 amide bonds. The van der Waals surface area contributed by atoms with Crippen LogP contribution in [-0.2, 0) is 6.54 Å². The molecule has 0 atom stereocenters. The van der Waals surface area contributed by atoms with Crippen molar-refractivity contribution < 1.29 is 14.6 Å². The van der Waals surface area contributed by atoms with Crippen LogP contribution < -0.4 is 14.8 Å². The molecule has 4 nitrogen and oxygen atoms in total. The molecule has 0 saturated heterocycles. The lowest BCUT2D eigenvalue weighted by molar-refractivity contribution is 0.163. The van der Waals surface area contributed by atoms with Gasteiger partial charge in [0.15, 0.2) is 11.5 Å². The Kier molecular flexibility index (Phi) is 5.88. The first kappa shape index (κ1) is 16.1. The summed E-state index contributed by atoms with van der Waals surface area (Å²) in [6.45, 7) is 3.73. The number of hydrogen-bond donors (Lipinski definition) is 2. The lowest BCUT2D eigenvalue weighted by Crippen LogP contribution is -2.45. The van der Waals surface area contributed by atoms with Gasteiger partial charge in [-0.15, -0.1) is 0 Å². The lowest BCUT2D eigenvalue weighted by atomic mass is 9.98. The van der Waals surface area contributed by atoms with Gasteiger partial charge in [0.2, 0.25) is 0 Å². The summed E-state index contributed by atoms with van der Waals surface area (Å²) in [5.74, 6) is 1.56. The van der Waals surface area contributed by atoms with Crippen LogP contribution in [0.5, 0.6) is 11.5 Å². The molecule has 4 heteroatoms. The fourth-order valence-corrected chi connectivity index (χ4v) is 2.89. The maximum Gasteiger partial charge on any atom is 0.161 e. The van der Waals surface area contributed by atoms with Gasteiger partial charge in [-0.05, 0) is 37.0 Å². The first-order valence-electron chi connectivity index (χ1n) is 7.88. The van der Waals surface area contributed by atoms with E-state index in [-0.39, 0.29) is 12.1 Å². The predicted molar refractivity (Wildman–Crippen MR) is 83.9 cm³/mol. The second kappa shape index (κ2) is 7.66. The molecule has 1 saturated carbocycles. The summed E-state index contributed by atoms with van der Waals surface area (Å²) in [6, 6.07) is 6.03. The van der Waals surface area contributed by atoms with Crippen LogP contribution in [0.2, 0.25) is 0 Å². The number of aliphatic hydroxyl groups is 1. The molecule has 0 unspecified atom stereocenters. The highest BCUT2D eigenvalue weighted by Gasteiger charge is 2.32. The molecule has 118 valence electrons. The van der Waals surface area contributed by atoms with Crippen LogP contribution in [0.1, 0.15) is 44.6 Å². The zero-order valence-electron chi connectivity index (χ0n) is 13.2. The fourth-order valence-electron chi connectivity index (χ4n) is 2.89. The Morgan fingerprint density at radius 2 is 2.00 bits per heavy atom. The zero-order valence-corrected chi connectivity index (χ0v) is 13.2. The quantitative estimate of drug-likeness (QED) is 0.774. The van der Waals surface area contributed by atoms with Crippen molar-refractivity contribution in [1.29, 1.82) is 0 Å². The van der Waals surface area contributed by atoms with Crippen LogP contribution in [0.3, 0.4) is 0 Å². The van der Waals surface area contributed by atoms with Gasteiger partial charge in [0.25, 0.3) is 0 Å². The number of methoxy groups -OCH3 is 1. The predicted octanol–water partition coefficient (Wildman–Crippen LogP) is 2.88. The normalized spacial score (nSPS) is 16.9. The van der Waals surface area contributed by atoms with Crippen molar-refractivity contribution in [1.82, 2.24) is 5.32 Å². The molecule has 0 radical (unpaired) electrons. The molecule has 2 N–H and O–H groups in total. The third-order valence-corrected chi connectivity index (χ3v) is 4.22. The Balaban J connectivity index is 2.00. The Labute approximate surface area is 127 Å². The average molecular weight is 293 g/mol. The van der Waals surface area contributed by atoms with Crippen molar-refractivity contribution in [2.75, 3.05) is 20.3 Å². The molecular weight excluding hydrogens is 266 g/mol. The Bertz CT molecular complexity index is 442. The van der Waals surface area contributed by atoms with Crippen molar-refractivity contribution in [3.8, 4) is 11.5 Å². The third-order valence-electron chi connectivity index (χ3n) is 4.22. The standard InChI is InChI=1S/C17H27NO3/c1-3-10-21-15-7-6-14(11-16(15)20-2)12-18-17(13-19)8-4-5-9-17/h6-7,11,18-19H,3-5,8-10,12-13H2,1-2H3. The van der Waals surface area contributed by atoms with E-state index in [9.17, 15) is 5.11 Å². The Hall–Kier alpha value is -1.26. The van der Waals surface area contributed by atoms with Crippen molar-refractivity contribution in [2.24, 2.45) is 0 Å². The van der Waals surface area contributed by atoms with E-state index in [0.717, 1.165) is 42.9 Å². The summed E-state index contributed by atoms with van der Waals surface area (Å²) in [7, 11) is 1.66. The van der Waals surface area contributed by atoms with E-state index in [1.807, 2.05) is 12.1 Å². The highest BCUT2D eigenvalue weighted by atomic mass is 16.5. The van der Waals surface area contributed by atoms with Gasteiger partial charge in [-0.3, -0.25) is 0 Å². The highest BCUT2D eigenvalue weighted by molar-refractivity contribution is 5.43. The van der Waals surface area contributed by atoms with Gasteiger partial charge in [0.05, 0.1) is 20.3 Å².